The first-order valence-corrected chi connectivity index (χ1v) is 16.5. The number of carbonyl (C=O) groups is 2. The fourth-order valence-corrected chi connectivity index (χ4v) is 7.52. The highest BCUT2D eigenvalue weighted by Gasteiger charge is 2.43. The lowest BCUT2D eigenvalue weighted by molar-refractivity contribution is -0.184. The molecule has 9 rings (SSSR count). The Morgan fingerprint density at radius 2 is 1.33 bits per heavy atom. The molecule has 2 aromatic heterocycles. The standard InChI is InChI=1S/C40H27F4N3O5/c1-19-12-30(50-17-20-8-4-2-5-9-20)37(51-18-21-10-6-3-7-11-21)40(52-19)47-29-16-27(44)25(42)14-23(29)32-34-33(38(48)46-39(34)49)31-22-13-24(41)26(43)15-28(22)45-35(31)36(32)47/h2-11,13-16,30,37,40,45H,1,12,17-18H2,(H,46,48,49). The Kier molecular flexibility index (Phi) is 7.42. The molecule has 12 heteroatoms. The van der Waals surface area contributed by atoms with Crippen LogP contribution in [0.3, 0.4) is 0 Å². The largest absolute Gasteiger partial charge is 0.472 e. The summed E-state index contributed by atoms with van der Waals surface area (Å²) in [4.78, 5) is 30.1. The van der Waals surface area contributed by atoms with Crippen molar-refractivity contribution in [2.75, 3.05) is 0 Å². The van der Waals surface area contributed by atoms with Gasteiger partial charge in [-0.1, -0.05) is 67.2 Å². The number of H-pyrrole nitrogens is 1. The zero-order valence-corrected chi connectivity index (χ0v) is 27.1. The Hall–Kier alpha value is -5.98. The van der Waals surface area contributed by atoms with Gasteiger partial charge in [-0.25, -0.2) is 17.6 Å². The van der Waals surface area contributed by atoms with E-state index in [4.69, 9.17) is 14.2 Å². The van der Waals surface area contributed by atoms with Crippen LogP contribution in [-0.2, 0) is 27.4 Å². The van der Waals surface area contributed by atoms with E-state index in [1.54, 1.807) is 4.57 Å². The van der Waals surface area contributed by atoms with Crippen LogP contribution in [0, 0.1) is 23.3 Å². The lowest BCUT2D eigenvalue weighted by Crippen LogP contribution is -2.44. The molecule has 3 atom stereocenters. The van der Waals surface area contributed by atoms with Crippen LogP contribution in [0.5, 0.6) is 0 Å². The van der Waals surface area contributed by atoms with Gasteiger partial charge in [-0.2, -0.15) is 0 Å². The Morgan fingerprint density at radius 1 is 0.750 bits per heavy atom. The second-order valence-corrected chi connectivity index (χ2v) is 12.9. The van der Waals surface area contributed by atoms with Crippen molar-refractivity contribution in [2.45, 2.75) is 38.1 Å². The first-order chi connectivity index (χ1) is 25.2. The van der Waals surface area contributed by atoms with Crippen LogP contribution >= 0.6 is 0 Å². The molecule has 0 saturated carbocycles. The molecule has 1 saturated heterocycles. The number of amides is 2. The van der Waals surface area contributed by atoms with Crippen LogP contribution in [0.25, 0.3) is 43.6 Å². The van der Waals surface area contributed by atoms with Crippen molar-refractivity contribution in [3.8, 4) is 0 Å². The average Bonchev–Trinajstić information content (AvgIpc) is 3.75. The van der Waals surface area contributed by atoms with Crippen molar-refractivity contribution >= 4 is 55.4 Å². The number of carbonyl (C=O) groups excluding carboxylic acids is 2. The van der Waals surface area contributed by atoms with Gasteiger partial charge in [0.1, 0.15) is 6.10 Å². The topological polar surface area (TPSA) is 94.6 Å². The van der Waals surface area contributed by atoms with Crippen molar-refractivity contribution in [1.29, 1.82) is 0 Å². The van der Waals surface area contributed by atoms with Gasteiger partial charge in [-0.15, -0.1) is 0 Å². The maximum atomic E-state index is 15.3. The maximum absolute atomic E-state index is 15.3. The van der Waals surface area contributed by atoms with Gasteiger partial charge in [0.2, 0.25) is 6.23 Å². The highest BCUT2D eigenvalue weighted by Crippen LogP contribution is 2.47. The summed E-state index contributed by atoms with van der Waals surface area (Å²) in [6, 6.07) is 22.7. The molecule has 2 N–H and O–H groups in total. The van der Waals surface area contributed by atoms with Crippen LogP contribution in [0.4, 0.5) is 17.6 Å². The zero-order valence-electron chi connectivity index (χ0n) is 27.1. The second kappa shape index (κ2) is 12.1. The first-order valence-electron chi connectivity index (χ1n) is 16.5. The molecular weight excluding hydrogens is 678 g/mol. The summed E-state index contributed by atoms with van der Waals surface area (Å²) in [5, 5.41) is 2.74. The Bertz CT molecular complexity index is 2640. The fourth-order valence-electron chi connectivity index (χ4n) is 7.52. The highest BCUT2D eigenvalue weighted by molar-refractivity contribution is 6.39. The normalized spacial score (nSPS) is 18.8. The van der Waals surface area contributed by atoms with Crippen LogP contribution in [-0.4, -0.2) is 33.6 Å². The number of aromatic amines is 1. The summed E-state index contributed by atoms with van der Waals surface area (Å²) >= 11 is 0. The van der Waals surface area contributed by atoms with Gasteiger partial charge < -0.3 is 19.2 Å². The van der Waals surface area contributed by atoms with Crippen molar-refractivity contribution < 1.29 is 41.4 Å². The van der Waals surface area contributed by atoms with E-state index in [0.29, 0.717) is 5.76 Å². The number of rotatable bonds is 7. The SMILES string of the molecule is C=C1CC(OCc2ccccc2)C(OCc2ccccc2)C(n2c3cc(F)c(F)cc3c3c4c(c5c6cc(F)c(F)cc6[nH]c5c32)C(=O)NC4=O)O1. The Morgan fingerprint density at radius 3 is 2.00 bits per heavy atom. The van der Waals surface area contributed by atoms with Gasteiger partial charge in [0.25, 0.3) is 11.8 Å². The third-order valence-corrected chi connectivity index (χ3v) is 9.76. The molecular formula is C40H27F4N3O5. The van der Waals surface area contributed by atoms with Crippen LogP contribution in [0.2, 0.25) is 0 Å². The summed E-state index contributed by atoms with van der Waals surface area (Å²) in [7, 11) is 0. The van der Waals surface area contributed by atoms with Gasteiger partial charge in [0.05, 0.1) is 52.8 Å². The van der Waals surface area contributed by atoms with E-state index in [1.807, 2.05) is 60.7 Å². The summed E-state index contributed by atoms with van der Waals surface area (Å²) in [5.41, 5.74) is 2.10. The third-order valence-electron chi connectivity index (χ3n) is 9.76. The van der Waals surface area contributed by atoms with Crippen molar-refractivity contribution in [3.63, 3.8) is 0 Å². The molecule has 2 aliphatic rings. The number of imide groups is 1. The molecule has 260 valence electrons. The smallest absolute Gasteiger partial charge is 0.259 e. The van der Waals surface area contributed by atoms with Gasteiger partial charge in [-0.05, 0) is 23.3 Å². The predicted molar refractivity (Wildman–Crippen MR) is 184 cm³/mol. The summed E-state index contributed by atoms with van der Waals surface area (Å²) in [6.07, 6.45) is -2.53. The number of benzene rings is 5. The number of aromatic nitrogens is 2. The van der Waals surface area contributed by atoms with Gasteiger partial charge >= 0.3 is 0 Å². The van der Waals surface area contributed by atoms with E-state index in [1.165, 1.54) is 0 Å². The number of nitrogens with zero attached hydrogens (tertiary/aromatic N) is 1. The predicted octanol–water partition coefficient (Wildman–Crippen LogP) is 8.47. The van der Waals surface area contributed by atoms with Crippen molar-refractivity contribution in [2.24, 2.45) is 0 Å². The van der Waals surface area contributed by atoms with Crippen LogP contribution in [0.15, 0.2) is 97.3 Å². The summed E-state index contributed by atoms with van der Waals surface area (Å²) < 4.78 is 81.0. The number of ether oxygens (including phenoxy) is 3. The molecule has 2 aliphatic heterocycles. The fraction of sp³-hybridized carbons (Fsp3) is 0.150. The average molecular weight is 706 g/mol. The molecule has 4 heterocycles. The molecule has 2 amide bonds. The van der Waals surface area contributed by atoms with Crippen molar-refractivity contribution in [3.05, 3.63) is 143 Å². The minimum atomic E-state index is -1.19. The second-order valence-electron chi connectivity index (χ2n) is 12.9. The molecule has 5 aromatic carbocycles. The number of nitrogens with one attached hydrogen (secondary N) is 2. The van der Waals surface area contributed by atoms with Crippen LogP contribution in [0.1, 0.15) is 44.5 Å². The molecule has 1 fully saturated rings. The molecule has 0 radical (unpaired) electrons. The summed E-state index contributed by atoms with van der Waals surface area (Å²) in [5.74, 6) is -5.94. The summed E-state index contributed by atoms with van der Waals surface area (Å²) in [6.45, 7) is 4.45. The molecule has 0 bridgehead atoms. The molecule has 8 nitrogen and oxygen atoms in total. The molecule has 0 aliphatic carbocycles. The zero-order chi connectivity index (χ0) is 35.8. The van der Waals surface area contributed by atoms with Gasteiger partial charge in [0.15, 0.2) is 23.3 Å². The van der Waals surface area contributed by atoms with E-state index in [-0.39, 0.29) is 74.4 Å². The van der Waals surface area contributed by atoms with Gasteiger partial charge in [-0.3, -0.25) is 19.5 Å². The third kappa shape index (κ3) is 4.97. The van der Waals surface area contributed by atoms with E-state index in [9.17, 15) is 18.4 Å². The highest BCUT2D eigenvalue weighted by atomic mass is 19.2. The van der Waals surface area contributed by atoms with E-state index in [2.05, 4.69) is 16.9 Å². The molecule has 3 unspecified atom stereocenters. The molecule has 0 spiro atoms. The quantitative estimate of drug-likeness (QED) is 0.128. The van der Waals surface area contributed by atoms with Crippen molar-refractivity contribution in [1.82, 2.24) is 14.9 Å². The van der Waals surface area contributed by atoms with E-state index >= 15 is 8.78 Å². The lowest BCUT2D eigenvalue weighted by Gasteiger charge is -2.40. The number of hydrogen-bond donors (Lipinski definition) is 2. The maximum Gasteiger partial charge on any atom is 0.259 e. The molecule has 52 heavy (non-hydrogen) atoms. The van der Waals surface area contributed by atoms with E-state index in [0.717, 1.165) is 35.4 Å². The number of hydrogen-bond acceptors (Lipinski definition) is 5. The molecule has 7 aromatic rings. The minimum Gasteiger partial charge on any atom is -0.472 e. The lowest BCUT2D eigenvalue weighted by atomic mass is 9.96. The number of fused-ring (bicyclic) bond motifs is 10. The minimum absolute atomic E-state index is 0.0938. The van der Waals surface area contributed by atoms with Crippen LogP contribution < -0.4 is 5.32 Å². The van der Waals surface area contributed by atoms with E-state index < -0.39 is 53.5 Å². The Labute approximate surface area is 292 Å². The van der Waals surface area contributed by atoms with Gasteiger partial charge in [0, 0.05) is 45.6 Å². The number of halogens is 4. The monoisotopic (exact) mass is 705 g/mol. The Balaban J connectivity index is 1.34. The first kappa shape index (κ1) is 32.0.